The van der Waals surface area contributed by atoms with Crippen LogP contribution in [0.5, 0.6) is 0 Å². The van der Waals surface area contributed by atoms with Crippen LogP contribution in [-0.2, 0) is 0 Å². The van der Waals surface area contributed by atoms with E-state index in [-0.39, 0.29) is 0 Å². The molecule has 0 aliphatic carbocycles. The standard InChI is InChI=1S/C7H11N2/c1-6-7(2)9(3)5-4-8-6/h5H,2,4H2,1,3H3/q+1. The van der Waals surface area contributed by atoms with Gasteiger partial charge in [-0.15, -0.1) is 0 Å². The topological polar surface area (TPSA) is 15.4 Å². The van der Waals surface area contributed by atoms with Gasteiger partial charge in [-0.3, -0.25) is 4.99 Å². The van der Waals surface area contributed by atoms with E-state index in [9.17, 15) is 0 Å². The van der Waals surface area contributed by atoms with Crippen LogP contribution in [0.15, 0.2) is 17.3 Å². The van der Waals surface area contributed by atoms with E-state index in [1.165, 1.54) is 0 Å². The molecule has 0 atom stereocenters. The van der Waals surface area contributed by atoms with Crippen molar-refractivity contribution in [2.24, 2.45) is 4.99 Å². The van der Waals surface area contributed by atoms with Crippen molar-refractivity contribution in [3.8, 4) is 0 Å². The third-order valence-electron chi connectivity index (χ3n) is 1.53. The van der Waals surface area contributed by atoms with Gasteiger partial charge in [-0.1, -0.05) is 0 Å². The van der Waals surface area contributed by atoms with Gasteiger partial charge >= 0.3 is 0 Å². The van der Waals surface area contributed by atoms with Crippen LogP contribution in [0.4, 0.5) is 0 Å². The van der Waals surface area contributed by atoms with Crippen LogP contribution in [0.3, 0.4) is 0 Å². The summed E-state index contributed by atoms with van der Waals surface area (Å²) in [6, 6.07) is 0. The Morgan fingerprint density at radius 3 is 2.89 bits per heavy atom. The molecule has 0 N–H and O–H groups in total. The summed E-state index contributed by atoms with van der Waals surface area (Å²) in [7, 11) is 1.99. The normalized spacial score (nSPS) is 19.1. The van der Waals surface area contributed by atoms with E-state index in [1.807, 2.05) is 24.8 Å². The largest absolute Gasteiger partial charge is 0.273 e. The molecular weight excluding hydrogens is 112 g/mol. The molecule has 1 rings (SSSR count). The van der Waals surface area contributed by atoms with Crippen LogP contribution in [0.2, 0.25) is 0 Å². The molecule has 0 radical (unpaired) electrons. The van der Waals surface area contributed by atoms with Crippen molar-refractivity contribution in [3.05, 3.63) is 12.3 Å². The number of rotatable bonds is 0. The van der Waals surface area contributed by atoms with Gasteiger partial charge in [-0.2, -0.15) is 0 Å². The summed E-state index contributed by atoms with van der Waals surface area (Å²) in [5.74, 6) is 0. The fourth-order valence-electron chi connectivity index (χ4n) is 0.757. The molecule has 1 heterocycles. The highest BCUT2D eigenvalue weighted by Gasteiger charge is 2.11. The van der Waals surface area contributed by atoms with E-state index in [2.05, 4.69) is 11.6 Å². The van der Waals surface area contributed by atoms with Crippen LogP contribution in [0, 0.1) is 0 Å². The van der Waals surface area contributed by atoms with Crippen LogP contribution in [0.25, 0.3) is 0 Å². The Morgan fingerprint density at radius 2 is 2.44 bits per heavy atom. The van der Waals surface area contributed by atoms with Crippen molar-refractivity contribution in [2.45, 2.75) is 6.92 Å². The quantitative estimate of drug-likeness (QED) is 0.421. The van der Waals surface area contributed by atoms with Gasteiger partial charge in [0.1, 0.15) is 19.3 Å². The lowest BCUT2D eigenvalue weighted by molar-refractivity contribution is -0.430. The molecule has 0 unspecified atom stereocenters. The molecule has 0 aromatic carbocycles. The highest BCUT2D eigenvalue weighted by molar-refractivity contribution is 5.97. The first-order valence-corrected chi connectivity index (χ1v) is 2.98. The minimum atomic E-state index is 0.793. The van der Waals surface area contributed by atoms with E-state index < -0.39 is 0 Å². The highest BCUT2D eigenvalue weighted by Crippen LogP contribution is 1.98. The predicted octanol–water partition coefficient (Wildman–Crippen LogP) is 0.688. The molecule has 2 nitrogen and oxygen atoms in total. The van der Waals surface area contributed by atoms with Crippen molar-refractivity contribution >= 4 is 11.9 Å². The lowest BCUT2D eigenvalue weighted by atomic mass is 10.3. The summed E-state index contributed by atoms with van der Waals surface area (Å²) < 4.78 is 2.00. The zero-order valence-electron chi connectivity index (χ0n) is 5.89. The summed E-state index contributed by atoms with van der Waals surface area (Å²) in [6.45, 7) is 6.61. The highest BCUT2D eigenvalue weighted by atomic mass is 15.0. The molecule has 0 spiro atoms. The maximum Gasteiger partial charge on any atom is 0.218 e. The summed E-state index contributed by atoms with van der Waals surface area (Å²) in [6.07, 6.45) is 2.01. The van der Waals surface area contributed by atoms with E-state index in [1.54, 1.807) is 0 Å². The zero-order valence-corrected chi connectivity index (χ0v) is 5.89. The molecule has 9 heavy (non-hydrogen) atoms. The first-order valence-electron chi connectivity index (χ1n) is 2.98. The second kappa shape index (κ2) is 2.13. The van der Waals surface area contributed by atoms with Gasteiger partial charge in [0.2, 0.25) is 5.70 Å². The molecule has 0 fully saturated rings. The van der Waals surface area contributed by atoms with Crippen LogP contribution in [0.1, 0.15) is 6.92 Å². The number of allylic oxidation sites excluding steroid dienone is 1. The van der Waals surface area contributed by atoms with E-state index in [0.29, 0.717) is 0 Å². The van der Waals surface area contributed by atoms with Gasteiger partial charge in [0.25, 0.3) is 0 Å². The Balaban J connectivity index is 2.86. The number of nitrogens with zero attached hydrogens (tertiary/aromatic N) is 2. The first kappa shape index (κ1) is 6.20. The van der Waals surface area contributed by atoms with Gasteiger partial charge in [0.15, 0.2) is 6.21 Å². The minimum absolute atomic E-state index is 0.793. The van der Waals surface area contributed by atoms with Gasteiger partial charge in [0.05, 0.1) is 0 Å². The SMILES string of the molecule is C=C1C(C)=NCC=[N+]1C. The number of aliphatic imine (C=N–C) groups is 1. The van der Waals surface area contributed by atoms with Gasteiger partial charge in [-0.05, 0) is 13.5 Å². The Hall–Kier alpha value is -0.920. The summed E-state index contributed by atoms with van der Waals surface area (Å²) in [4.78, 5) is 4.18. The smallest absolute Gasteiger partial charge is 0.218 e. The Morgan fingerprint density at radius 1 is 1.78 bits per heavy atom. The molecule has 0 aromatic rings. The second-order valence-corrected chi connectivity index (χ2v) is 2.17. The molecule has 0 bridgehead atoms. The van der Waals surface area contributed by atoms with E-state index in [0.717, 1.165) is 18.0 Å². The van der Waals surface area contributed by atoms with Crippen molar-refractivity contribution in [1.29, 1.82) is 0 Å². The molecule has 1 aliphatic rings. The van der Waals surface area contributed by atoms with Crippen molar-refractivity contribution in [2.75, 3.05) is 13.6 Å². The molecule has 0 saturated heterocycles. The maximum absolute atomic E-state index is 4.18. The predicted molar refractivity (Wildman–Crippen MR) is 39.4 cm³/mol. The third-order valence-corrected chi connectivity index (χ3v) is 1.53. The fourth-order valence-corrected chi connectivity index (χ4v) is 0.757. The first-order chi connectivity index (χ1) is 4.22. The molecule has 0 saturated carbocycles. The van der Waals surface area contributed by atoms with Crippen molar-refractivity contribution in [3.63, 3.8) is 0 Å². The Labute approximate surface area is 55.2 Å². The molecule has 0 amide bonds. The average Bonchev–Trinajstić information content (AvgIpc) is 1.83. The molecule has 0 aromatic heterocycles. The lowest BCUT2D eigenvalue weighted by Crippen LogP contribution is -2.18. The van der Waals surface area contributed by atoms with Crippen molar-refractivity contribution in [1.82, 2.24) is 0 Å². The van der Waals surface area contributed by atoms with E-state index in [4.69, 9.17) is 0 Å². The molecule has 48 valence electrons. The molecule has 1 aliphatic heterocycles. The number of hydrogen-bond acceptors (Lipinski definition) is 1. The molecular formula is C7H11N2+. The summed E-state index contributed by atoms with van der Waals surface area (Å²) in [5.41, 5.74) is 2.04. The molecule has 2 heteroatoms. The Kier molecular flexibility index (Phi) is 1.47. The summed E-state index contributed by atoms with van der Waals surface area (Å²) in [5, 5.41) is 0. The maximum atomic E-state index is 4.18. The Bertz CT molecular complexity index is 179. The average molecular weight is 123 g/mol. The minimum Gasteiger partial charge on any atom is -0.273 e. The van der Waals surface area contributed by atoms with Crippen LogP contribution in [-0.4, -0.2) is 30.1 Å². The van der Waals surface area contributed by atoms with Crippen LogP contribution < -0.4 is 0 Å². The van der Waals surface area contributed by atoms with Gasteiger partial charge in [-0.25, -0.2) is 4.58 Å². The van der Waals surface area contributed by atoms with Crippen LogP contribution >= 0.6 is 0 Å². The lowest BCUT2D eigenvalue weighted by Gasteiger charge is -2.03. The number of hydrogen-bond donors (Lipinski definition) is 0. The van der Waals surface area contributed by atoms with Gasteiger partial charge in [0, 0.05) is 0 Å². The summed E-state index contributed by atoms with van der Waals surface area (Å²) >= 11 is 0. The fraction of sp³-hybridized carbons (Fsp3) is 0.429. The third kappa shape index (κ3) is 1.07. The second-order valence-electron chi connectivity index (χ2n) is 2.17. The zero-order chi connectivity index (χ0) is 6.85. The monoisotopic (exact) mass is 123 g/mol. The van der Waals surface area contributed by atoms with Gasteiger partial charge < -0.3 is 0 Å². The van der Waals surface area contributed by atoms with Crippen molar-refractivity contribution < 1.29 is 4.58 Å². The van der Waals surface area contributed by atoms with E-state index >= 15 is 0 Å².